The zero-order valence-corrected chi connectivity index (χ0v) is 20.5. The third-order valence-electron chi connectivity index (χ3n) is 4.80. The minimum atomic E-state index is -0.476. The molecule has 3 aromatic heterocycles. The lowest BCUT2D eigenvalue weighted by atomic mass is 10.2. The number of benzene rings is 2. The number of furan rings is 1. The SMILES string of the molecule is Cc1nnc2sc(-c3ccc(NC(=S)NC(=O)c4ccc(-c5ccc(Cl)c(Cl)c5)o4)cc3)nn12. The van der Waals surface area contributed by atoms with Gasteiger partial charge in [0.2, 0.25) is 4.96 Å². The van der Waals surface area contributed by atoms with Crippen LogP contribution in [0.5, 0.6) is 0 Å². The van der Waals surface area contributed by atoms with Crippen LogP contribution in [0.3, 0.4) is 0 Å². The molecule has 0 aliphatic carbocycles. The van der Waals surface area contributed by atoms with Crippen LogP contribution in [-0.2, 0) is 0 Å². The fourth-order valence-electron chi connectivity index (χ4n) is 3.12. The van der Waals surface area contributed by atoms with E-state index in [1.165, 1.54) is 11.3 Å². The fraction of sp³-hybridized carbons (Fsp3) is 0.0455. The maximum atomic E-state index is 12.5. The predicted molar refractivity (Wildman–Crippen MR) is 137 cm³/mol. The zero-order chi connectivity index (χ0) is 23.8. The number of nitrogens with zero attached hydrogens (tertiary/aromatic N) is 4. The summed E-state index contributed by atoms with van der Waals surface area (Å²) in [5, 5.41) is 20.0. The van der Waals surface area contributed by atoms with Gasteiger partial charge in [0, 0.05) is 16.8 Å². The van der Waals surface area contributed by atoms with Crippen LogP contribution >= 0.6 is 46.8 Å². The predicted octanol–water partition coefficient (Wildman–Crippen LogP) is 5.85. The van der Waals surface area contributed by atoms with Gasteiger partial charge in [0.15, 0.2) is 16.7 Å². The van der Waals surface area contributed by atoms with Gasteiger partial charge in [-0.2, -0.15) is 9.61 Å². The molecule has 12 heteroatoms. The molecular formula is C22H14Cl2N6O2S2. The zero-order valence-electron chi connectivity index (χ0n) is 17.4. The van der Waals surface area contributed by atoms with Crippen LogP contribution in [0.2, 0.25) is 10.0 Å². The summed E-state index contributed by atoms with van der Waals surface area (Å²) in [7, 11) is 0. The molecule has 0 fully saturated rings. The monoisotopic (exact) mass is 528 g/mol. The van der Waals surface area contributed by atoms with E-state index in [-0.39, 0.29) is 10.9 Å². The molecule has 0 saturated carbocycles. The molecule has 3 heterocycles. The molecule has 0 saturated heterocycles. The van der Waals surface area contributed by atoms with E-state index in [4.69, 9.17) is 39.8 Å². The van der Waals surface area contributed by atoms with Crippen molar-refractivity contribution >= 4 is 68.4 Å². The molecule has 0 bridgehead atoms. The molecule has 8 nitrogen and oxygen atoms in total. The van der Waals surface area contributed by atoms with Crippen LogP contribution in [0, 0.1) is 6.92 Å². The summed E-state index contributed by atoms with van der Waals surface area (Å²) in [6.45, 7) is 1.85. The molecule has 0 spiro atoms. The third kappa shape index (κ3) is 4.53. The number of hydrogen-bond acceptors (Lipinski definition) is 7. The molecule has 0 unspecified atom stereocenters. The summed E-state index contributed by atoms with van der Waals surface area (Å²) in [4.78, 5) is 13.3. The van der Waals surface area contributed by atoms with Crippen molar-refractivity contribution < 1.29 is 9.21 Å². The maximum Gasteiger partial charge on any atom is 0.293 e. The smallest absolute Gasteiger partial charge is 0.293 e. The van der Waals surface area contributed by atoms with Crippen molar-refractivity contribution in [1.29, 1.82) is 0 Å². The number of aryl methyl sites for hydroxylation is 1. The summed E-state index contributed by atoms with van der Waals surface area (Å²) >= 11 is 18.7. The number of aromatic nitrogens is 4. The van der Waals surface area contributed by atoms with Gasteiger partial charge in [-0.1, -0.05) is 34.5 Å². The van der Waals surface area contributed by atoms with E-state index >= 15 is 0 Å². The van der Waals surface area contributed by atoms with Crippen molar-refractivity contribution in [2.24, 2.45) is 0 Å². The number of carbonyl (C=O) groups excluding carboxylic acids is 1. The number of nitrogens with one attached hydrogen (secondary N) is 2. The van der Waals surface area contributed by atoms with Crippen LogP contribution < -0.4 is 10.6 Å². The first-order valence-electron chi connectivity index (χ1n) is 9.84. The first-order valence-corrected chi connectivity index (χ1v) is 11.8. The Morgan fingerprint density at radius 2 is 1.79 bits per heavy atom. The minimum absolute atomic E-state index is 0.110. The van der Waals surface area contributed by atoms with Gasteiger partial charge >= 0.3 is 0 Å². The lowest BCUT2D eigenvalue weighted by Crippen LogP contribution is -2.33. The van der Waals surface area contributed by atoms with Crippen molar-refractivity contribution in [2.45, 2.75) is 6.92 Å². The van der Waals surface area contributed by atoms with Gasteiger partial charge in [-0.3, -0.25) is 10.1 Å². The Bertz CT molecular complexity index is 1540. The van der Waals surface area contributed by atoms with Crippen LogP contribution in [0.15, 0.2) is 59.0 Å². The molecule has 5 rings (SSSR count). The topological polar surface area (TPSA) is 97.3 Å². The molecule has 0 atom stereocenters. The molecule has 2 aromatic carbocycles. The maximum absolute atomic E-state index is 12.5. The number of thiocarbonyl (C=S) groups is 1. The van der Waals surface area contributed by atoms with E-state index in [0.29, 0.717) is 27.1 Å². The molecule has 0 radical (unpaired) electrons. The van der Waals surface area contributed by atoms with Crippen molar-refractivity contribution in [2.75, 3.05) is 5.32 Å². The molecule has 0 aliphatic heterocycles. The van der Waals surface area contributed by atoms with Gasteiger partial charge < -0.3 is 9.73 Å². The molecule has 170 valence electrons. The highest BCUT2D eigenvalue weighted by molar-refractivity contribution is 7.80. The Morgan fingerprint density at radius 3 is 2.53 bits per heavy atom. The summed E-state index contributed by atoms with van der Waals surface area (Å²) in [6, 6.07) is 15.8. The average Bonchev–Trinajstić information content (AvgIpc) is 3.54. The molecule has 1 amide bonds. The minimum Gasteiger partial charge on any atom is -0.451 e. The Morgan fingerprint density at radius 1 is 1.03 bits per heavy atom. The van der Waals surface area contributed by atoms with Crippen LogP contribution in [0.4, 0.5) is 5.69 Å². The van der Waals surface area contributed by atoms with E-state index < -0.39 is 5.91 Å². The second-order valence-corrected chi connectivity index (χ2v) is 9.31. The van der Waals surface area contributed by atoms with E-state index in [2.05, 4.69) is 25.9 Å². The summed E-state index contributed by atoms with van der Waals surface area (Å²) < 4.78 is 7.36. The van der Waals surface area contributed by atoms with Crippen molar-refractivity contribution in [3.05, 3.63) is 76.2 Å². The first-order chi connectivity index (χ1) is 16.4. The Labute approximate surface area is 212 Å². The second-order valence-electron chi connectivity index (χ2n) is 7.13. The van der Waals surface area contributed by atoms with Crippen molar-refractivity contribution in [3.8, 4) is 21.9 Å². The number of hydrogen-bond donors (Lipinski definition) is 2. The lowest BCUT2D eigenvalue weighted by Gasteiger charge is -2.09. The third-order valence-corrected chi connectivity index (χ3v) is 6.69. The van der Waals surface area contributed by atoms with E-state index in [0.717, 1.165) is 21.4 Å². The molecular weight excluding hydrogens is 515 g/mol. The van der Waals surface area contributed by atoms with Gasteiger partial charge in [-0.25, -0.2) is 0 Å². The number of halogens is 2. The number of anilines is 1. The van der Waals surface area contributed by atoms with Crippen molar-refractivity contribution in [1.82, 2.24) is 25.1 Å². The fourth-order valence-corrected chi connectivity index (χ4v) is 4.52. The molecule has 2 N–H and O–H groups in total. The lowest BCUT2D eigenvalue weighted by molar-refractivity contribution is 0.0951. The summed E-state index contributed by atoms with van der Waals surface area (Å²) in [6.07, 6.45) is 0. The van der Waals surface area contributed by atoms with E-state index in [1.54, 1.807) is 34.8 Å². The van der Waals surface area contributed by atoms with Crippen LogP contribution in [0.1, 0.15) is 16.4 Å². The van der Waals surface area contributed by atoms with Crippen molar-refractivity contribution in [3.63, 3.8) is 0 Å². The summed E-state index contributed by atoms with van der Waals surface area (Å²) in [5.41, 5.74) is 2.35. The second kappa shape index (κ2) is 9.15. The van der Waals surface area contributed by atoms with E-state index in [1.807, 2.05) is 31.2 Å². The highest BCUT2D eigenvalue weighted by Gasteiger charge is 2.15. The molecule has 5 aromatic rings. The van der Waals surface area contributed by atoms with Gasteiger partial charge in [0.1, 0.15) is 10.8 Å². The largest absolute Gasteiger partial charge is 0.451 e. The molecule has 34 heavy (non-hydrogen) atoms. The van der Waals surface area contributed by atoms with E-state index in [9.17, 15) is 4.79 Å². The highest BCUT2D eigenvalue weighted by atomic mass is 35.5. The number of rotatable bonds is 4. The Balaban J connectivity index is 1.22. The number of fused-ring (bicyclic) bond motifs is 1. The van der Waals surface area contributed by atoms with Crippen LogP contribution in [-0.4, -0.2) is 30.8 Å². The number of amides is 1. The number of carbonyl (C=O) groups is 1. The molecule has 0 aliphatic rings. The summed E-state index contributed by atoms with van der Waals surface area (Å²) in [5.74, 6) is 0.853. The normalized spacial score (nSPS) is 11.0. The van der Waals surface area contributed by atoms with Crippen LogP contribution in [0.25, 0.3) is 26.9 Å². The first kappa shape index (κ1) is 22.5. The quantitative estimate of drug-likeness (QED) is 0.282. The standard InChI is InChI=1S/C22H14Cl2N6O2S2/c1-11-27-28-22-30(11)29-20(34-22)12-2-5-14(6-3-12)25-21(33)26-19(31)18-9-8-17(32-18)13-4-7-15(23)16(24)10-13/h2-10H,1H3,(H2,25,26,31,33). The highest BCUT2D eigenvalue weighted by Crippen LogP contribution is 2.30. The Kier molecular flexibility index (Phi) is 6.05. The van der Waals surface area contributed by atoms with Gasteiger partial charge in [-0.05, 0) is 73.7 Å². The van der Waals surface area contributed by atoms with Gasteiger partial charge in [-0.15, -0.1) is 10.2 Å². The van der Waals surface area contributed by atoms with Gasteiger partial charge in [0.05, 0.1) is 10.0 Å². The average molecular weight is 529 g/mol. The Hall–Kier alpha value is -3.31. The van der Waals surface area contributed by atoms with Gasteiger partial charge in [0.25, 0.3) is 5.91 Å².